The van der Waals surface area contributed by atoms with Crippen molar-refractivity contribution < 1.29 is 49.5 Å². The Labute approximate surface area is 295 Å². The van der Waals surface area contributed by atoms with Crippen LogP contribution in [0.4, 0.5) is 0 Å². The minimum atomic E-state index is 0. The molecule has 4 aliphatic rings. The van der Waals surface area contributed by atoms with Gasteiger partial charge in [0.1, 0.15) is 0 Å². The van der Waals surface area contributed by atoms with Crippen LogP contribution in [0.5, 0.6) is 0 Å². The summed E-state index contributed by atoms with van der Waals surface area (Å²) < 4.78 is 1.58. The fraction of sp³-hybridized carbons (Fsp3) is 0.561. The van der Waals surface area contributed by atoms with Crippen LogP contribution in [0.25, 0.3) is 14.4 Å². The Morgan fingerprint density at radius 1 is 0.864 bits per heavy atom. The molecule has 3 heteroatoms. The molecule has 0 fully saturated rings. The minimum Gasteiger partial charge on any atom is -1.00 e. The fourth-order valence-corrected chi connectivity index (χ4v) is 10.2. The molecule has 0 saturated heterocycles. The SMILES string of the molecule is CC(C)=c1c2c(c(C3=CC(C(C)(C)C)=CC3)c3c1=c1cc4c(cc1=[C]3[Zr+2])C(C)(C)C(C)CC4(C)C)C(C)(C)CCC2C.[Cl-].[Cl-]. The summed E-state index contributed by atoms with van der Waals surface area (Å²) in [5, 5.41) is 6.19. The number of hydrogen-bond donors (Lipinski definition) is 0. The summed E-state index contributed by atoms with van der Waals surface area (Å²) in [6, 6.07) is 5.34. The summed E-state index contributed by atoms with van der Waals surface area (Å²) in [7, 11) is 0. The van der Waals surface area contributed by atoms with Gasteiger partial charge in [-0.25, -0.2) is 0 Å². The predicted octanol–water partition coefficient (Wildman–Crippen LogP) is 3.72. The zero-order chi connectivity index (χ0) is 30.9. The van der Waals surface area contributed by atoms with Crippen molar-refractivity contribution in [2.24, 2.45) is 11.3 Å². The van der Waals surface area contributed by atoms with Crippen LogP contribution in [0, 0.1) is 21.8 Å². The van der Waals surface area contributed by atoms with Gasteiger partial charge in [0.15, 0.2) is 0 Å². The molecule has 0 N–H and O–H groups in total. The van der Waals surface area contributed by atoms with Crippen LogP contribution in [-0.2, 0) is 41.0 Å². The van der Waals surface area contributed by atoms with Gasteiger partial charge in [0.25, 0.3) is 0 Å². The Kier molecular flexibility index (Phi) is 9.30. The second-order valence-electron chi connectivity index (χ2n) is 17.4. The molecule has 235 valence electrons. The molecule has 6 rings (SSSR count). The third kappa shape index (κ3) is 5.17. The van der Waals surface area contributed by atoms with E-state index in [0.29, 0.717) is 11.8 Å². The van der Waals surface area contributed by atoms with Crippen LogP contribution in [0.15, 0.2) is 29.9 Å². The molecule has 44 heavy (non-hydrogen) atoms. The first-order chi connectivity index (χ1) is 19.3. The molecule has 0 aliphatic heterocycles. The fourth-order valence-electron chi connectivity index (χ4n) is 9.03. The van der Waals surface area contributed by atoms with Gasteiger partial charge in [-0.2, -0.15) is 0 Å². The third-order valence-electron chi connectivity index (χ3n) is 11.9. The van der Waals surface area contributed by atoms with E-state index < -0.39 is 0 Å². The molecule has 0 radical (unpaired) electrons. The van der Waals surface area contributed by atoms with Gasteiger partial charge in [0, 0.05) is 0 Å². The van der Waals surface area contributed by atoms with Gasteiger partial charge >= 0.3 is 272 Å². The van der Waals surface area contributed by atoms with Crippen LogP contribution in [0.3, 0.4) is 0 Å². The number of hydrogen-bond acceptors (Lipinski definition) is 0. The van der Waals surface area contributed by atoms with E-state index in [1.165, 1.54) is 40.8 Å². The summed E-state index contributed by atoms with van der Waals surface area (Å²) in [6.07, 6.45) is 9.93. The Morgan fingerprint density at radius 2 is 1.48 bits per heavy atom. The average Bonchev–Trinajstić information content (AvgIpc) is 3.47. The molecule has 0 saturated carbocycles. The van der Waals surface area contributed by atoms with Gasteiger partial charge in [-0.05, 0) is 0 Å². The van der Waals surface area contributed by atoms with E-state index in [0.717, 1.165) is 6.42 Å². The van der Waals surface area contributed by atoms with Crippen LogP contribution in [-0.4, -0.2) is 0 Å². The molecular weight excluding hydrogens is 655 g/mol. The molecule has 2 unspecified atom stereocenters. The van der Waals surface area contributed by atoms with E-state index in [1.807, 2.05) is 0 Å². The van der Waals surface area contributed by atoms with Gasteiger partial charge < -0.3 is 24.8 Å². The summed E-state index contributed by atoms with van der Waals surface area (Å²) in [4.78, 5) is 0. The molecule has 2 aromatic rings. The van der Waals surface area contributed by atoms with Crippen LogP contribution in [0.1, 0.15) is 155 Å². The van der Waals surface area contributed by atoms with Crippen LogP contribution >= 0.6 is 0 Å². The zero-order valence-corrected chi connectivity index (χ0v) is 33.5. The largest absolute Gasteiger partial charge is 1.00 e. The minimum absolute atomic E-state index is 0. The first-order valence-corrected chi connectivity index (χ1v) is 17.8. The first-order valence-electron chi connectivity index (χ1n) is 16.5. The van der Waals surface area contributed by atoms with Crippen molar-refractivity contribution in [3.8, 4) is 0 Å². The predicted molar refractivity (Wildman–Crippen MR) is 178 cm³/mol. The van der Waals surface area contributed by atoms with Crippen LogP contribution < -0.4 is 35.3 Å². The van der Waals surface area contributed by atoms with Crippen molar-refractivity contribution in [3.05, 3.63) is 84.1 Å². The van der Waals surface area contributed by atoms with Crippen LogP contribution in [0.2, 0.25) is 0 Å². The Bertz CT molecular complexity index is 1840. The van der Waals surface area contributed by atoms with Gasteiger partial charge in [-0.3, -0.25) is 0 Å². The number of halogens is 2. The Morgan fingerprint density at radius 3 is 2.05 bits per heavy atom. The molecule has 0 bridgehead atoms. The van der Waals surface area contributed by atoms with Crippen molar-refractivity contribution in [2.75, 3.05) is 0 Å². The number of fused-ring (bicyclic) bond motifs is 4. The van der Waals surface area contributed by atoms with E-state index in [1.54, 1.807) is 77.4 Å². The molecule has 0 heterocycles. The number of rotatable bonds is 1. The number of benzene rings is 2. The first kappa shape index (κ1) is 36.0. The van der Waals surface area contributed by atoms with E-state index >= 15 is 0 Å². The quantitative estimate of drug-likeness (QED) is 0.425. The van der Waals surface area contributed by atoms with E-state index in [9.17, 15) is 0 Å². The standard InChI is InChI=1S/C41H53.2ClH.Zr/c1-23(2)33-34-24(3)16-17-39(8,9)37(34)35(26-14-15-28(18-26)38(5,6)7)30-19-27-20-32-31(21-29(27)36(30)33)40(10,11)22-25(4)41(32,12)13;;;/h15,18,20-21,24-25H,14,16-17,22H2,1-13H3;2*1H;/q;;;+2/p-2. The molecule has 0 nitrogen and oxygen atoms in total. The smallest absolute Gasteiger partial charge is 1.00 e. The summed E-state index contributed by atoms with van der Waals surface area (Å²) in [5.74, 6) is 1.23. The van der Waals surface area contributed by atoms with E-state index in [2.05, 4.69) is 114 Å². The summed E-state index contributed by atoms with van der Waals surface area (Å²) in [6.45, 7) is 31.9. The van der Waals surface area contributed by atoms with Gasteiger partial charge in [-0.15, -0.1) is 0 Å². The Hall–Kier alpha value is -0.877. The molecule has 4 aliphatic carbocycles. The maximum Gasteiger partial charge on any atom is -1.00 e. The average molecular weight is 708 g/mol. The normalized spacial score (nSPS) is 23.8. The van der Waals surface area contributed by atoms with E-state index in [4.69, 9.17) is 0 Å². The van der Waals surface area contributed by atoms with Gasteiger partial charge in [-0.1, -0.05) is 0 Å². The van der Waals surface area contributed by atoms with Crippen molar-refractivity contribution in [1.82, 2.24) is 0 Å². The maximum absolute atomic E-state index is 2.68. The molecule has 0 aromatic heterocycles. The van der Waals surface area contributed by atoms with E-state index in [-0.39, 0.29) is 46.5 Å². The second kappa shape index (κ2) is 11.4. The van der Waals surface area contributed by atoms with Crippen molar-refractivity contribution in [3.63, 3.8) is 0 Å². The summed E-state index contributed by atoms with van der Waals surface area (Å²) >= 11 is 1.54. The third-order valence-corrected chi connectivity index (χ3v) is 13.2. The zero-order valence-electron chi connectivity index (χ0n) is 29.5. The number of allylic oxidation sites excluding steroid dienone is 4. The van der Waals surface area contributed by atoms with Gasteiger partial charge in [0.05, 0.1) is 0 Å². The van der Waals surface area contributed by atoms with Gasteiger partial charge in [0.2, 0.25) is 0 Å². The molecule has 2 atom stereocenters. The monoisotopic (exact) mass is 705 g/mol. The Balaban J connectivity index is 0.00000221. The van der Waals surface area contributed by atoms with Crippen molar-refractivity contribution >= 4 is 14.4 Å². The van der Waals surface area contributed by atoms with Crippen molar-refractivity contribution in [1.29, 1.82) is 0 Å². The molecule has 0 amide bonds. The van der Waals surface area contributed by atoms with Crippen molar-refractivity contribution in [2.45, 2.75) is 138 Å². The molecule has 0 spiro atoms. The molecular formula is C41H53Cl2Zr. The summed E-state index contributed by atoms with van der Waals surface area (Å²) in [5.41, 5.74) is 14.9. The molecule has 2 aromatic carbocycles. The maximum atomic E-state index is 2.68. The topological polar surface area (TPSA) is 0 Å². The second-order valence-corrected chi connectivity index (χ2v) is 18.7.